The van der Waals surface area contributed by atoms with E-state index < -0.39 is 0 Å². The van der Waals surface area contributed by atoms with E-state index in [4.69, 9.17) is 28.2 Å². The van der Waals surface area contributed by atoms with Gasteiger partial charge < -0.3 is 9.80 Å². The molecule has 4 nitrogen and oxygen atoms in total. The molecule has 2 heterocycles. The highest BCUT2D eigenvalue weighted by Crippen LogP contribution is 2.30. The number of hydrogen-bond donors (Lipinski definition) is 0. The van der Waals surface area contributed by atoms with Gasteiger partial charge in [0.25, 0.3) is 0 Å². The number of rotatable bonds is 3. The van der Waals surface area contributed by atoms with Gasteiger partial charge in [-0.2, -0.15) is 0 Å². The fourth-order valence-corrected chi connectivity index (χ4v) is 4.25. The van der Waals surface area contributed by atoms with Gasteiger partial charge in [-0.25, -0.2) is 4.98 Å². The van der Waals surface area contributed by atoms with E-state index in [1.807, 2.05) is 30.6 Å². The van der Waals surface area contributed by atoms with Crippen LogP contribution in [0.2, 0.25) is 10.0 Å². The van der Waals surface area contributed by atoms with Gasteiger partial charge in [0.2, 0.25) is 0 Å². The molecule has 30 heavy (non-hydrogen) atoms. The number of aromatic nitrogens is 2. The van der Waals surface area contributed by atoms with Gasteiger partial charge in [0.15, 0.2) is 0 Å². The molecule has 150 valence electrons. The number of halogens is 2. The molecule has 1 aromatic heterocycles. The maximum atomic E-state index is 6.19. The lowest BCUT2D eigenvalue weighted by Gasteiger charge is -2.36. The fraction of sp³-hybridized carbons (Fsp3) is 0.167. The average molecular weight is 435 g/mol. The molecule has 0 atom stereocenters. The molecule has 0 saturated carbocycles. The van der Waals surface area contributed by atoms with E-state index in [1.54, 1.807) is 0 Å². The van der Waals surface area contributed by atoms with Crippen LogP contribution < -0.4 is 9.80 Å². The summed E-state index contributed by atoms with van der Waals surface area (Å²) in [6.45, 7) is 3.51. The second-order valence-electron chi connectivity index (χ2n) is 7.36. The molecule has 0 bridgehead atoms. The minimum atomic E-state index is 0.583. The zero-order chi connectivity index (χ0) is 20.5. The first-order valence-corrected chi connectivity index (χ1v) is 10.7. The predicted molar refractivity (Wildman–Crippen MR) is 126 cm³/mol. The van der Waals surface area contributed by atoms with Crippen LogP contribution in [0.25, 0.3) is 22.0 Å². The summed E-state index contributed by atoms with van der Waals surface area (Å²) in [7, 11) is 0. The molecule has 0 spiro atoms. The van der Waals surface area contributed by atoms with Gasteiger partial charge in [-0.1, -0.05) is 65.7 Å². The standard InChI is InChI=1S/C24H20Cl2N4/c25-21-9-8-18(14-22(21)26)29-10-12-30(13-11-29)24-16-27-15-23(28-24)20-7-3-5-17-4-1-2-6-19(17)20/h1-9,14-16H,10-13H2. The molecule has 0 radical (unpaired) electrons. The molecule has 0 aliphatic carbocycles. The van der Waals surface area contributed by atoms with Crippen LogP contribution in [-0.2, 0) is 0 Å². The number of benzene rings is 3. The second kappa shape index (κ2) is 8.13. The van der Waals surface area contributed by atoms with Crippen molar-refractivity contribution in [3.05, 3.63) is 83.1 Å². The van der Waals surface area contributed by atoms with Crippen LogP contribution in [0.5, 0.6) is 0 Å². The maximum absolute atomic E-state index is 6.19. The Bertz CT molecular complexity index is 1200. The molecule has 0 N–H and O–H groups in total. The number of piperazine rings is 1. The van der Waals surface area contributed by atoms with Crippen LogP contribution in [0, 0.1) is 0 Å². The smallest absolute Gasteiger partial charge is 0.147 e. The van der Waals surface area contributed by atoms with Crippen molar-refractivity contribution in [3.8, 4) is 11.3 Å². The molecule has 3 aromatic carbocycles. The fourth-order valence-electron chi connectivity index (χ4n) is 3.96. The molecular formula is C24H20Cl2N4. The van der Waals surface area contributed by atoms with Gasteiger partial charge in [0.1, 0.15) is 5.82 Å². The third-order valence-corrected chi connectivity index (χ3v) is 6.30. The van der Waals surface area contributed by atoms with Gasteiger partial charge >= 0.3 is 0 Å². The normalized spacial score (nSPS) is 14.3. The summed E-state index contributed by atoms with van der Waals surface area (Å²) < 4.78 is 0. The largest absolute Gasteiger partial charge is 0.368 e. The highest BCUT2D eigenvalue weighted by atomic mass is 35.5. The summed E-state index contributed by atoms with van der Waals surface area (Å²) in [6.07, 6.45) is 3.70. The molecule has 1 aliphatic heterocycles. The van der Waals surface area contributed by atoms with Gasteiger partial charge in [-0.3, -0.25) is 4.98 Å². The minimum Gasteiger partial charge on any atom is -0.368 e. The second-order valence-corrected chi connectivity index (χ2v) is 8.18. The first-order valence-electron chi connectivity index (χ1n) is 9.94. The Morgan fingerprint density at radius 2 is 1.50 bits per heavy atom. The van der Waals surface area contributed by atoms with E-state index in [2.05, 4.69) is 57.2 Å². The van der Waals surface area contributed by atoms with Crippen LogP contribution in [0.1, 0.15) is 0 Å². The van der Waals surface area contributed by atoms with E-state index in [1.165, 1.54) is 10.8 Å². The summed E-state index contributed by atoms with van der Waals surface area (Å²) in [6, 6.07) is 20.5. The van der Waals surface area contributed by atoms with E-state index in [-0.39, 0.29) is 0 Å². The molecule has 4 aromatic rings. The van der Waals surface area contributed by atoms with Crippen LogP contribution in [0.3, 0.4) is 0 Å². The summed E-state index contributed by atoms with van der Waals surface area (Å²) in [5.41, 5.74) is 3.10. The van der Waals surface area contributed by atoms with Crippen molar-refractivity contribution < 1.29 is 0 Å². The molecule has 1 aliphatic rings. The zero-order valence-corrected chi connectivity index (χ0v) is 17.8. The van der Waals surface area contributed by atoms with Crippen LogP contribution >= 0.6 is 23.2 Å². The summed E-state index contributed by atoms with van der Waals surface area (Å²) >= 11 is 12.2. The summed E-state index contributed by atoms with van der Waals surface area (Å²) in [4.78, 5) is 14.0. The molecule has 1 saturated heterocycles. The molecular weight excluding hydrogens is 415 g/mol. The van der Waals surface area contributed by atoms with Crippen molar-refractivity contribution in [1.82, 2.24) is 9.97 Å². The zero-order valence-electron chi connectivity index (χ0n) is 16.3. The Morgan fingerprint density at radius 3 is 2.33 bits per heavy atom. The van der Waals surface area contributed by atoms with Crippen LogP contribution in [-0.4, -0.2) is 36.1 Å². The van der Waals surface area contributed by atoms with E-state index in [0.29, 0.717) is 10.0 Å². The Hall–Kier alpha value is -2.82. The number of anilines is 2. The van der Waals surface area contributed by atoms with Gasteiger partial charge in [-0.15, -0.1) is 0 Å². The average Bonchev–Trinajstić information content (AvgIpc) is 2.81. The van der Waals surface area contributed by atoms with Crippen molar-refractivity contribution in [3.63, 3.8) is 0 Å². The number of fused-ring (bicyclic) bond motifs is 1. The lowest BCUT2D eigenvalue weighted by atomic mass is 10.0. The van der Waals surface area contributed by atoms with Crippen molar-refractivity contribution in [2.24, 2.45) is 0 Å². The summed E-state index contributed by atoms with van der Waals surface area (Å²) in [5.74, 6) is 0.911. The number of nitrogens with zero attached hydrogens (tertiary/aromatic N) is 4. The van der Waals surface area contributed by atoms with E-state index in [0.717, 1.165) is 48.9 Å². The Balaban J connectivity index is 1.37. The quantitative estimate of drug-likeness (QED) is 0.399. The van der Waals surface area contributed by atoms with Gasteiger partial charge in [-0.05, 0) is 29.0 Å². The number of hydrogen-bond acceptors (Lipinski definition) is 4. The molecule has 1 fully saturated rings. The Kier molecular flexibility index (Phi) is 5.19. The van der Waals surface area contributed by atoms with Crippen molar-refractivity contribution in [2.45, 2.75) is 0 Å². The summed E-state index contributed by atoms with van der Waals surface area (Å²) in [5, 5.41) is 3.57. The van der Waals surface area contributed by atoms with Gasteiger partial charge in [0, 0.05) is 37.4 Å². The first-order chi connectivity index (χ1) is 14.7. The Labute approximate surface area is 185 Å². The SMILES string of the molecule is Clc1ccc(N2CCN(c3cncc(-c4cccc5ccccc45)n3)CC2)cc1Cl. The molecule has 0 unspecified atom stereocenters. The maximum Gasteiger partial charge on any atom is 0.147 e. The predicted octanol–water partition coefficient (Wildman–Crippen LogP) is 5.93. The van der Waals surface area contributed by atoms with Crippen LogP contribution in [0.4, 0.5) is 11.5 Å². The molecule has 5 rings (SSSR count). The third kappa shape index (κ3) is 3.69. The molecule has 6 heteroatoms. The van der Waals surface area contributed by atoms with E-state index >= 15 is 0 Å². The topological polar surface area (TPSA) is 32.3 Å². The van der Waals surface area contributed by atoms with Crippen molar-refractivity contribution in [1.29, 1.82) is 0 Å². The molecule has 0 amide bonds. The van der Waals surface area contributed by atoms with Gasteiger partial charge in [0.05, 0.1) is 28.1 Å². The van der Waals surface area contributed by atoms with E-state index in [9.17, 15) is 0 Å². The monoisotopic (exact) mass is 434 g/mol. The van der Waals surface area contributed by atoms with Crippen molar-refractivity contribution >= 4 is 45.5 Å². The Morgan fingerprint density at radius 1 is 0.733 bits per heavy atom. The minimum absolute atomic E-state index is 0.583. The van der Waals surface area contributed by atoms with Crippen molar-refractivity contribution in [2.75, 3.05) is 36.0 Å². The highest BCUT2D eigenvalue weighted by Gasteiger charge is 2.20. The third-order valence-electron chi connectivity index (χ3n) is 5.56. The first kappa shape index (κ1) is 19.2. The lowest BCUT2D eigenvalue weighted by molar-refractivity contribution is 0.646. The van der Waals surface area contributed by atoms with Crippen LogP contribution in [0.15, 0.2) is 73.1 Å². The highest BCUT2D eigenvalue weighted by molar-refractivity contribution is 6.42. The lowest BCUT2D eigenvalue weighted by Crippen LogP contribution is -2.46.